The fourth-order valence-corrected chi connectivity index (χ4v) is 3.64. The minimum Gasteiger partial charge on any atom is -0.457 e. The van der Waals surface area contributed by atoms with E-state index < -0.39 is 6.04 Å². The molecule has 0 saturated heterocycles. The summed E-state index contributed by atoms with van der Waals surface area (Å²) < 4.78 is 7.55. The molecule has 2 atom stereocenters. The Bertz CT molecular complexity index is 988. The highest BCUT2D eigenvalue weighted by molar-refractivity contribution is 6.30. The van der Waals surface area contributed by atoms with Crippen molar-refractivity contribution in [1.29, 1.82) is 0 Å². The van der Waals surface area contributed by atoms with Gasteiger partial charge in [0.25, 0.3) is 0 Å². The summed E-state index contributed by atoms with van der Waals surface area (Å²) in [6.07, 6.45) is 3.05. The van der Waals surface area contributed by atoms with Gasteiger partial charge in [-0.05, 0) is 24.3 Å². The predicted molar refractivity (Wildman–Crippen MR) is 99.0 cm³/mol. The van der Waals surface area contributed by atoms with Crippen molar-refractivity contribution in [3.05, 3.63) is 71.8 Å². The number of aromatic nitrogens is 3. The Kier molecular flexibility index (Phi) is 4.73. The SMILES string of the molecule is O=C1CC(=O)[C@@H](n2cncn2)[C@@H](c2ccccc2Oc2cccc(Cl)c2)C1. The number of ether oxygens (including phenoxy) is 1. The third kappa shape index (κ3) is 3.61. The van der Waals surface area contributed by atoms with Crippen molar-refractivity contribution in [3.8, 4) is 11.5 Å². The summed E-state index contributed by atoms with van der Waals surface area (Å²) in [5.74, 6) is 0.534. The van der Waals surface area contributed by atoms with Gasteiger partial charge in [-0.15, -0.1) is 0 Å². The molecule has 1 aliphatic rings. The lowest BCUT2D eigenvalue weighted by atomic mass is 9.78. The molecule has 0 spiro atoms. The van der Waals surface area contributed by atoms with E-state index in [4.69, 9.17) is 16.3 Å². The van der Waals surface area contributed by atoms with Crippen molar-refractivity contribution in [2.24, 2.45) is 0 Å². The molecule has 3 aromatic rings. The van der Waals surface area contributed by atoms with Crippen LogP contribution in [-0.2, 0) is 9.59 Å². The average molecular weight is 382 g/mol. The lowest BCUT2D eigenvalue weighted by molar-refractivity contribution is -0.133. The van der Waals surface area contributed by atoms with Gasteiger partial charge in [0.1, 0.15) is 36.0 Å². The molecule has 0 radical (unpaired) electrons. The van der Waals surface area contributed by atoms with Crippen LogP contribution in [0.3, 0.4) is 0 Å². The van der Waals surface area contributed by atoms with Gasteiger partial charge in [0.2, 0.25) is 0 Å². The van der Waals surface area contributed by atoms with E-state index in [-0.39, 0.29) is 30.3 Å². The summed E-state index contributed by atoms with van der Waals surface area (Å²) in [5, 5.41) is 4.69. The van der Waals surface area contributed by atoms with Crippen molar-refractivity contribution in [2.45, 2.75) is 24.8 Å². The highest BCUT2D eigenvalue weighted by Crippen LogP contribution is 2.42. The summed E-state index contributed by atoms with van der Waals surface area (Å²) in [7, 11) is 0. The first-order chi connectivity index (χ1) is 13.1. The van der Waals surface area contributed by atoms with Gasteiger partial charge >= 0.3 is 0 Å². The number of halogens is 1. The molecule has 0 aliphatic heterocycles. The fraction of sp³-hybridized carbons (Fsp3) is 0.200. The Hall–Kier alpha value is -2.99. The van der Waals surface area contributed by atoms with Crippen LogP contribution in [0.25, 0.3) is 0 Å². The van der Waals surface area contributed by atoms with E-state index in [1.54, 1.807) is 24.3 Å². The molecule has 7 heteroatoms. The fourth-order valence-electron chi connectivity index (χ4n) is 3.46. The van der Waals surface area contributed by atoms with Gasteiger partial charge in [-0.1, -0.05) is 35.9 Å². The van der Waals surface area contributed by atoms with Gasteiger partial charge in [-0.2, -0.15) is 5.10 Å². The molecule has 1 heterocycles. The first-order valence-corrected chi connectivity index (χ1v) is 8.90. The number of para-hydroxylation sites is 1. The first kappa shape index (κ1) is 17.4. The van der Waals surface area contributed by atoms with Crippen molar-refractivity contribution < 1.29 is 14.3 Å². The Morgan fingerprint density at radius 3 is 2.74 bits per heavy atom. The quantitative estimate of drug-likeness (QED) is 0.639. The zero-order valence-electron chi connectivity index (χ0n) is 14.3. The maximum atomic E-state index is 12.6. The Morgan fingerprint density at radius 2 is 1.96 bits per heavy atom. The Labute approximate surface area is 160 Å². The number of hydrogen-bond donors (Lipinski definition) is 0. The second-order valence-corrected chi connectivity index (χ2v) is 6.85. The van der Waals surface area contributed by atoms with Crippen molar-refractivity contribution in [2.75, 3.05) is 0 Å². The first-order valence-electron chi connectivity index (χ1n) is 8.52. The summed E-state index contributed by atoms with van der Waals surface area (Å²) in [5.41, 5.74) is 0.777. The molecular weight excluding hydrogens is 366 g/mol. The lowest BCUT2D eigenvalue weighted by Crippen LogP contribution is -2.34. The summed E-state index contributed by atoms with van der Waals surface area (Å²) in [6, 6.07) is 13.9. The molecule has 0 N–H and O–H groups in total. The van der Waals surface area contributed by atoms with Gasteiger partial charge in [0.05, 0.1) is 6.42 Å². The van der Waals surface area contributed by atoms with E-state index in [0.29, 0.717) is 16.5 Å². The number of carbonyl (C=O) groups excluding carboxylic acids is 2. The van der Waals surface area contributed by atoms with Crippen LogP contribution in [0, 0.1) is 0 Å². The number of Topliss-reactive ketones (excluding diaryl/α,β-unsaturated/α-hetero) is 2. The number of hydrogen-bond acceptors (Lipinski definition) is 5. The smallest absolute Gasteiger partial charge is 0.165 e. The van der Waals surface area contributed by atoms with E-state index >= 15 is 0 Å². The molecule has 27 heavy (non-hydrogen) atoms. The minimum atomic E-state index is -0.589. The minimum absolute atomic E-state index is 0.0843. The van der Waals surface area contributed by atoms with Crippen molar-refractivity contribution in [3.63, 3.8) is 0 Å². The molecule has 1 aromatic heterocycles. The Morgan fingerprint density at radius 1 is 1.11 bits per heavy atom. The van der Waals surface area contributed by atoms with Crippen LogP contribution in [0.5, 0.6) is 11.5 Å². The van der Waals surface area contributed by atoms with E-state index in [0.717, 1.165) is 5.56 Å². The van der Waals surface area contributed by atoms with Crippen LogP contribution >= 0.6 is 11.6 Å². The zero-order valence-corrected chi connectivity index (χ0v) is 15.0. The molecule has 6 nitrogen and oxygen atoms in total. The van der Waals surface area contributed by atoms with E-state index in [9.17, 15) is 9.59 Å². The molecule has 1 aliphatic carbocycles. The maximum Gasteiger partial charge on any atom is 0.165 e. The van der Waals surface area contributed by atoms with Crippen LogP contribution in [0.2, 0.25) is 5.02 Å². The highest BCUT2D eigenvalue weighted by atomic mass is 35.5. The lowest BCUT2D eigenvalue weighted by Gasteiger charge is -2.30. The molecule has 1 saturated carbocycles. The molecule has 1 fully saturated rings. The molecule has 136 valence electrons. The second kappa shape index (κ2) is 7.32. The van der Waals surface area contributed by atoms with Crippen molar-refractivity contribution >= 4 is 23.2 Å². The molecule has 4 rings (SSSR count). The molecule has 2 aromatic carbocycles. The molecule has 0 amide bonds. The van der Waals surface area contributed by atoms with Crippen LogP contribution in [0.1, 0.15) is 30.4 Å². The summed E-state index contributed by atoms with van der Waals surface area (Å²) in [6.45, 7) is 0. The van der Waals surface area contributed by atoms with Gasteiger partial charge in [-0.25, -0.2) is 9.67 Å². The monoisotopic (exact) mass is 381 g/mol. The zero-order chi connectivity index (χ0) is 18.8. The maximum absolute atomic E-state index is 12.6. The third-order valence-corrected chi connectivity index (χ3v) is 4.83. The van der Waals surface area contributed by atoms with Gasteiger partial charge in [0, 0.05) is 22.9 Å². The van der Waals surface area contributed by atoms with Crippen LogP contribution < -0.4 is 4.74 Å². The summed E-state index contributed by atoms with van der Waals surface area (Å²) in [4.78, 5) is 28.7. The molecular formula is C20H16ClN3O3. The second-order valence-electron chi connectivity index (χ2n) is 6.41. The van der Waals surface area contributed by atoms with Crippen LogP contribution in [0.4, 0.5) is 0 Å². The summed E-state index contributed by atoms with van der Waals surface area (Å²) >= 11 is 6.04. The van der Waals surface area contributed by atoms with E-state index in [1.807, 2.05) is 24.3 Å². The van der Waals surface area contributed by atoms with Crippen LogP contribution in [-0.4, -0.2) is 26.3 Å². The van der Waals surface area contributed by atoms with E-state index in [1.165, 1.54) is 17.3 Å². The Balaban J connectivity index is 1.74. The number of carbonyl (C=O) groups is 2. The normalized spacial score (nSPS) is 19.9. The van der Waals surface area contributed by atoms with Gasteiger partial charge in [0.15, 0.2) is 5.78 Å². The van der Waals surface area contributed by atoms with Gasteiger partial charge < -0.3 is 4.74 Å². The third-order valence-electron chi connectivity index (χ3n) is 4.59. The van der Waals surface area contributed by atoms with Crippen LogP contribution in [0.15, 0.2) is 61.2 Å². The van der Waals surface area contributed by atoms with Gasteiger partial charge in [-0.3, -0.25) is 9.59 Å². The number of ketones is 2. The standard InChI is InChI=1S/C20H16ClN3O3/c21-13-4-3-5-15(8-13)27-19-7-2-1-6-16(19)17-9-14(25)10-18(26)20(17)24-12-22-11-23-24/h1-8,11-12,17,20H,9-10H2/t17-,20+/m1/s1. The topological polar surface area (TPSA) is 74.1 Å². The number of nitrogens with zero attached hydrogens (tertiary/aromatic N) is 3. The average Bonchev–Trinajstić information content (AvgIpc) is 3.16. The predicted octanol–water partition coefficient (Wildman–Crippen LogP) is 3.98. The number of rotatable bonds is 4. The molecule has 0 bridgehead atoms. The van der Waals surface area contributed by atoms with Crippen molar-refractivity contribution in [1.82, 2.24) is 14.8 Å². The molecule has 0 unspecified atom stereocenters. The highest BCUT2D eigenvalue weighted by Gasteiger charge is 2.39. The largest absolute Gasteiger partial charge is 0.457 e. The van der Waals surface area contributed by atoms with E-state index in [2.05, 4.69) is 10.1 Å². The number of benzene rings is 2.